The summed E-state index contributed by atoms with van der Waals surface area (Å²) in [7, 11) is 0. The molecule has 1 aromatic rings. The van der Waals surface area contributed by atoms with Crippen molar-refractivity contribution in [1.82, 2.24) is 0 Å². The van der Waals surface area contributed by atoms with E-state index in [1.165, 1.54) is 0 Å². The lowest BCUT2D eigenvalue weighted by Crippen LogP contribution is -2.16. The van der Waals surface area contributed by atoms with Crippen LogP contribution < -0.4 is 0 Å². The first kappa shape index (κ1) is 10.6. The van der Waals surface area contributed by atoms with Crippen LogP contribution in [0, 0.1) is 5.92 Å². The van der Waals surface area contributed by atoms with Gasteiger partial charge >= 0.3 is 5.97 Å². The van der Waals surface area contributed by atoms with Crippen LogP contribution in [0.3, 0.4) is 0 Å². The maximum Gasteiger partial charge on any atom is 0.306 e. The van der Waals surface area contributed by atoms with E-state index in [-0.39, 0.29) is 11.7 Å². The van der Waals surface area contributed by atoms with E-state index in [2.05, 4.69) is 0 Å². The topological polar surface area (TPSA) is 57.5 Å². The summed E-state index contributed by atoms with van der Waals surface area (Å²) in [4.78, 5) is 10.7. The second-order valence-electron chi connectivity index (χ2n) is 3.51. The van der Waals surface area contributed by atoms with E-state index in [4.69, 9.17) is 5.11 Å². The quantitative estimate of drug-likeness (QED) is 0.775. The molecule has 0 spiro atoms. The van der Waals surface area contributed by atoms with Gasteiger partial charge in [0, 0.05) is 0 Å². The molecule has 0 aliphatic carbocycles. The van der Waals surface area contributed by atoms with Gasteiger partial charge in [-0.1, -0.05) is 26.0 Å². The first-order valence-electron chi connectivity index (χ1n) is 4.54. The van der Waals surface area contributed by atoms with Crippen LogP contribution >= 0.6 is 0 Å². The number of hydrogen-bond acceptors (Lipinski definition) is 2. The second kappa shape index (κ2) is 4.13. The molecule has 0 heterocycles. The highest BCUT2D eigenvalue weighted by atomic mass is 16.4. The molecule has 3 heteroatoms. The van der Waals surface area contributed by atoms with Crippen molar-refractivity contribution in [3.63, 3.8) is 0 Å². The van der Waals surface area contributed by atoms with Gasteiger partial charge in [-0.15, -0.1) is 0 Å². The Hall–Kier alpha value is -1.51. The number of carboxylic acid groups (broad SMARTS) is 1. The molecule has 76 valence electrons. The van der Waals surface area contributed by atoms with Crippen molar-refractivity contribution >= 4 is 5.97 Å². The zero-order valence-electron chi connectivity index (χ0n) is 8.27. The first-order valence-corrected chi connectivity index (χ1v) is 4.54. The van der Waals surface area contributed by atoms with E-state index in [1.807, 2.05) is 13.0 Å². The molecular formula is C11H14O3. The molecule has 0 saturated heterocycles. The van der Waals surface area contributed by atoms with E-state index in [0.29, 0.717) is 0 Å². The molecular weight excluding hydrogens is 180 g/mol. The molecule has 1 rings (SSSR count). The number of hydrogen-bond donors (Lipinski definition) is 2. The van der Waals surface area contributed by atoms with Crippen molar-refractivity contribution in [3.05, 3.63) is 29.8 Å². The van der Waals surface area contributed by atoms with Crippen LogP contribution in [0.15, 0.2) is 24.3 Å². The molecule has 1 unspecified atom stereocenters. The maximum absolute atomic E-state index is 10.7. The van der Waals surface area contributed by atoms with E-state index in [1.54, 1.807) is 25.1 Å². The van der Waals surface area contributed by atoms with Crippen LogP contribution in [0.5, 0.6) is 5.75 Å². The van der Waals surface area contributed by atoms with Gasteiger partial charge in [0.25, 0.3) is 0 Å². The van der Waals surface area contributed by atoms with E-state index in [0.717, 1.165) is 5.56 Å². The third kappa shape index (κ3) is 2.25. The number of phenolic OH excluding ortho intramolecular Hbond substituents is 1. The molecule has 2 N–H and O–H groups in total. The number of aliphatic carboxylic acids is 1. The number of phenols is 1. The number of carboxylic acids is 1. The zero-order valence-corrected chi connectivity index (χ0v) is 8.27. The molecule has 0 fully saturated rings. The van der Waals surface area contributed by atoms with Crippen molar-refractivity contribution in [2.45, 2.75) is 19.8 Å². The highest BCUT2D eigenvalue weighted by Gasteiger charge is 2.20. The lowest BCUT2D eigenvalue weighted by atomic mass is 9.89. The average molecular weight is 194 g/mol. The first-order chi connectivity index (χ1) is 6.52. The van der Waals surface area contributed by atoms with Crippen molar-refractivity contribution in [2.24, 2.45) is 5.92 Å². The molecule has 0 aliphatic rings. The van der Waals surface area contributed by atoms with Gasteiger partial charge in [-0.3, -0.25) is 4.79 Å². The van der Waals surface area contributed by atoms with Gasteiger partial charge < -0.3 is 10.2 Å². The summed E-state index contributed by atoms with van der Waals surface area (Å²) >= 11 is 0. The van der Waals surface area contributed by atoms with Crippen LogP contribution in [0.4, 0.5) is 0 Å². The minimum absolute atomic E-state index is 0.0976. The molecule has 0 saturated carbocycles. The molecule has 0 aliphatic heterocycles. The van der Waals surface area contributed by atoms with E-state index in [9.17, 15) is 9.90 Å². The lowest BCUT2D eigenvalue weighted by molar-refractivity contribution is -0.141. The van der Waals surface area contributed by atoms with Crippen LogP contribution in [0.2, 0.25) is 0 Å². The molecule has 0 bridgehead atoms. The van der Waals surface area contributed by atoms with Gasteiger partial charge in [0.05, 0.1) is 5.92 Å². The Kier molecular flexibility index (Phi) is 3.12. The predicted octanol–water partition coefficient (Wildman–Crippen LogP) is 2.22. The maximum atomic E-state index is 10.7. The van der Waals surface area contributed by atoms with Crippen LogP contribution in [-0.4, -0.2) is 16.2 Å². The van der Waals surface area contributed by atoms with Gasteiger partial charge in [0.15, 0.2) is 0 Å². The standard InChI is InChI=1S/C11H14O3/c1-7(8(2)11(13)14)9-4-3-5-10(12)6-9/h3-8,12H,1-2H3,(H,13,14)/t7-,8?/m1/s1. The van der Waals surface area contributed by atoms with Crippen molar-refractivity contribution < 1.29 is 15.0 Å². The van der Waals surface area contributed by atoms with Crippen molar-refractivity contribution in [1.29, 1.82) is 0 Å². The summed E-state index contributed by atoms with van der Waals surface area (Å²) in [6.45, 7) is 3.50. The van der Waals surface area contributed by atoms with Gasteiger partial charge in [0.2, 0.25) is 0 Å². The summed E-state index contributed by atoms with van der Waals surface area (Å²) in [5.74, 6) is -1.19. The van der Waals surface area contributed by atoms with Gasteiger partial charge in [-0.05, 0) is 23.6 Å². The third-order valence-electron chi connectivity index (χ3n) is 2.54. The third-order valence-corrected chi connectivity index (χ3v) is 2.54. The van der Waals surface area contributed by atoms with Crippen molar-refractivity contribution in [3.8, 4) is 5.75 Å². The largest absolute Gasteiger partial charge is 0.508 e. The normalized spacial score (nSPS) is 14.7. The molecule has 14 heavy (non-hydrogen) atoms. The Morgan fingerprint density at radius 1 is 1.36 bits per heavy atom. The fraction of sp³-hybridized carbons (Fsp3) is 0.364. The minimum Gasteiger partial charge on any atom is -0.508 e. The number of benzene rings is 1. The molecule has 0 amide bonds. The smallest absolute Gasteiger partial charge is 0.306 e. The predicted molar refractivity (Wildman–Crippen MR) is 53.3 cm³/mol. The summed E-state index contributed by atoms with van der Waals surface area (Å²) in [5.41, 5.74) is 0.847. The monoisotopic (exact) mass is 194 g/mol. The number of aromatic hydroxyl groups is 1. The Bertz CT molecular complexity index is 333. The van der Waals surface area contributed by atoms with Gasteiger partial charge in [0.1, 0.15) is 5.75 Å². The Balaban J connectivity index is 2.89. The van der Waals surface area contributed by atoms with Crippen LogP contribution in [0.25, 0.3) is 0 Å². The molecule has 1 aromatic carbocycles. The van der Waals surface area contributed by atoms with Crippen molar-refractivity contribution in [2.75, 3.05) is 0 Å². The van der Waals surface area contributed by atoms with Gasteiger partial charge in [-0.25, -0.2) is 0 Å². The number of carbonyl (C=O) groups is 1. The van der Waals surface area contributed by atoms with Crippen LogP contribution in [0.1, 0.15) is 25.3 Å². The zero-order chi connectivity index (χ0) is 10.7. The fourth-order valence-corrected chi connectivity index (χ4v) is 1.31. The lowest BCUT2D eigenvalue weighted by Gasteiger charge is -2.16. The summed E-state index contributed by atoms with van der Waals surface area (Å²) in [6.07, 6.45) is 0. The molecule has 2 atom stereocenters. The highest BCUT2D eigenvalue weighted by molar-refractivity contribution is 5.70. The summed E-state index contributed by atoms with van der Waals surface area (Å²) < 4.78 is 0. The molecule has 0 radical (unpaired) electrons. The Morgan fingerprint density at radius 2 is 2.00 bits per heavy atom. The molecule has 3 nitrogen and oxygen atoms in total. The molecule has 0 aromatic heterocycles. The fourth-order valence-electron chi connectivity index (χ4n) is 1.31. The Morgan fingerprint density at radius 3 is 2.50 bits per heavy atom. The van der Waals surface area contributed by atoms with E-state index >= 15 is 0 Å². The Labute approximate surface area is 83.0 Å². The van der Waals surface area contributed by atoms with E-state index < -0.39 is 11.9 Å². The highest BCUT2D eigenvalue weighted by Crippen LogP contribution is 2.26. The summed E-state index contributed by atoms with van der Waals surface area (Å²) in [6, 6.07) is 6.71. The number of rotatable bonds is 3. The SMILES string of the molecule is CC(C(=O)O)[C@@H](C)c1cccc(O)c1. The van der Waals surface area contributed by atoms with Gasteiger partial charge in [-0.2, -0.15) is 0 Å². The van der Waals surface area contributed by atoms with Crippen LogP contribution in [-0.2, 0) is 4.79 Å². The average Bonchev–Trinajstić information content (AvgIpc) is 2.15. The minimum atomic E-state index is -0.819. The second-order valence-corrected chi connectivity index (χ2v) is 3.51. The summed E-state index contributed by atoms with van der Waals surface area (Å²) in [5, 5.41) is 18.1.